The van der Waals surface area contributed by atoms with E-state index in [-0.39, 0.29) is 19.5 Å². The first-order chi connectivity index (χ1) is 20.8. The predicted octanol–water partition coefficient (Wildman–Crippen LogP) is 5.83. The standard InChI is InChI=1S/C20H14N4.C6H5.C4H5N.2H2O3S.Zn/c1-2-14-10-16-5-6-18(23-16)12-20-8-7-19(24-20)11-17-4-3-15(22-17)9-13(1)21-14;1-2-4-6-5-3-1;1-2-4-5-3-1;2*1-4(2)3;/h1-12,21-22H;1-5H;1-5H;2*(H2,1,2,3);/q;-1;;;;/p-2. The number of H-pyrrole nitrogens is 3. The molecule has 1 aromatic carbocycles. The minimum Gasteiger partial charge on any atom is -0.750 e. The number of fused-ring (bicyclic) bond motifs is 8. The molecule has 44 heavy (non-hydrogen) atoms. The van der Waals surface area contributed by atoms with Crippen LogP contribution in [0.15, 0.2) is 103 Å². The summed E-state index contributed by atoms with van der Waals surface area (Å²) in [7, 11) is 0. The molecule has 6 heterocycles. The van der Waals surface area contributed by atoms with Crippen molar-refractivity contribution in [3.63, 3.8) is 0 Å². The number of hydrogen-bond acceptors (Lipinski definition) is 6. The van der Waals surface area contributed by atoms with Crippen LogP contribution in [0.25, 0.3) is 46.4 Å². The third-order valence-electron chi connectivity index (χ3n) is 5.15. The summed E-state index contributed by atoms with van der Waals surface area (Å²) in [5.74, 6) is 0. The first-order valence-corrected chi connectivity index (χ1v) is 14.4. The summed E-state index contributed by atoms with van der Waals surface area (Å²) in [5, 5.41) is 0. The van der Waals surface area contributed by atoms with E-state index in [2.05, 4.69) is 61.3 Å². The molecule has 8 bridgehead atoms. The zero-order chi connectivity index (χ0) is 30.9. The van der Waals surface area contributed by atoms with Crippen molar-refractivity contribution < 1.29 is 46.1 Å². The van der Waals surface area contributed by atoms with E-state index in [1.165, 1.54) is 0 Å². The number of aromatic nitrogens is 5. The molecule has 0 amide bonds. The Balaban J connectivity index is 0.000000275. The molecule has 2 unspecified atom stereocenters. The summed E-state index contributed by atoms with van der Waals surface area (Å²) < 4.78 is 48.2. The molecule has 0 fully saturated rings. The Morgan fingerprint density at radius 3 is 1.25 bits per heavy atom. The Morgan fingerprint density at radius 1 is 0.591 bits per heavy atom. The van der Waals surface area contributed by atoms with Gasteiger partial charge in [0.15, 0.2) is 0 Å². The van der Waals surface area contributed by atoms with Crippen molar-refractivity contribution in [1.29, 1.82) is 0 Å². The van der Waals surface area contributed by atoms with E-state index < -0.39 is 22.7 Å². The molecule has 11 nitrogen and oxygen atoms in total. The number of hydrogen-bond donors (Lipinski definition) is 5. The zero-order valence-corrected chi connectivity index (χ0v) is 27.7. The zero-order valence-electron chi connectivity index (χ0n) is 23.1. The van der Waals surface area contributed by atoms with Gasteiger partial charge in [-0.2, -0.15) is 36.4 Å². The molecule has 224 valence electrons. The third kappa shape index (κ3) is 14.8. The van der Waals surface area contributed by atoms with Gasteiger partial charge in [-0.25, -0.2) is 18.4 Å². The van der Waals surface area contributed by atoms with Crippen molar-refractivity contribution in [2.24, 2.45) is 0 Å². The molecular weight excluding hydrogens is 656 g/mol. The summed E-state index contributed by atoms with van der Waals surface area (Å²) in [5.41, 5.74) is 7.86. The van der Waals surface area contributed by atoms with E-state index in [0.29, 0.717) is 0 Å². The van der Waals surface area contributed by atoms with Crippen LogP contribution in [0.2, 0.25) is 0 Å². The molecule has 5 N–H and O–H groups in total. The minimum atomic E-state index is -2.86. The second-order valence-electron chi connectivity index (χ2n) is 8.30. The number of benzene rings is 1. The summed E-state index contributed by atoms with van der Waals surface area (Å²) in [6.45, 7) is 0. The van der Waals surface area contributed by atoms with Crippen LogP contribution in [0.4, 0.5) is 0 Å². The number of nitrogens with one attached hydrogen (secondary N) is 3. The van der Waals surface area contributed by atoms with Gasteiger partial charge >= 0.3 is 0 Å². The van der Waals surface area contributed by atoms with Crippen molar-refractivity contribution >= 4 is 69.1 Å². The van der Waals surface area contributed by atoms with Gasteiger partial charge in [-0.15, -0.1) is 0 Å². The average Bonchev–Trinajstić information content (AvgIpc) is 3.80. The summed E-state index contributed by atoms with van der Waals surface area (Å²) in [6, 6.07) is 32.8. The first kappa shape index (κ1) is 36.1. The monoisotopic (exact) mass is 680 g/mol. The smallest absolute Gasteiger partial charge is 0.0814 e. The van der Waals surface area contributed by atoms with Gasteiger partial charge in [-0.1, -0.05) is 0 Å². The Bertz CT molecular complexity index is 1670. The Hall–Kier alpha value is -4.14. The first-order valence-electron chi connectivity index (χ1n) is 12.4. The van der Waals surface area contributed by atoms with Crippen molar-refractivity contribution in [3.05, 3.63) is 132 Å². The van der Waals surface area contributed by atoms with E-state index in [0.717, 1.165) is 44.8 Å². The third-order valence-corrected chi connectivity index (χ3v) is 5.15. The molecule has 2 aliphatic heterocycles. The number of rotatable bonds is 0. The van der Waals surface area contributed by atoms with Gasteiger partial charge in [0.2, 0.25) is 0 Å². The van der Waals surface area contributed by atoms with Gasteiger partial charge in [-0.05, 0) is 85.0 Å². The molecule has 0 aliphatic carbocycles. The maximum absolute atomic E-state index is 8.56. The summed E-state index contributed by atoms with van der Waals surface area (Å²) in [6.07, 6.45) is 11.8. The molecule has 5 aromatic rings. The Labute approximate surface area is 271 Å². The summed E-state index contributed by atoms with van der Waals surface area (Å²) in [4.78, 5) is 18.9. The molecule has 14 heteroatoms. The fraction of sp³-hybridized carbons (Fsp3) is 0. The maximum Gasteiger partial charge on any atom is 0.0814 e. The SMILES string of the molecule is C1=Cc2cc3ccc(cc4ccc(cc5nc(cc1n2)C=C5)[nH]4)[nH]3.O=S([O-])O.O=S([O-])O.[Zn].[c-]1ccccc1.c1cc[nH]c1. The Morgan fingerprint density at radius 2 is 0.955 bits per heavy atom. The van der Waals surface area contributed by atoms with Gasteiger partial charge in [0, 0.05) is 53.9 Å². The predicted molar refractivity (Wildman–Crippen MR) is 168 cm³/mol. The molecule has 0 saturated carbocycles. The maximum atomic E-state index is 8.56. The number of aromatic amines is 3. The van der Waals surface area contributed by atoms with Crippen LogP contribution < -0.4 is 0 Å². The van der Waals surface area contributed by atoms with Crippen LogP contribution in [0, 0.1) is 6.07 Å². The summed E-state index contributed by atoms with van der Waals surface area (Å²) >= 11 is -5.72. The van der Waals surface area contributed by atoms with E-state index in [9.17, 15) is 0 Å². The molecule has 2 atom stereocenters. The van der Waals surface area contributed by atoms with E-state index in [1.54, 1.807) is 0 Å². The van der Waals surface area contributed by atoms with Gasteiger partial charge < -0.3 is 33.2 Å². The van der Waals surface area contributed by atoms with Crippen molar-refractivity contribution in [2.45, 2.75) is 0 Å². The van der Waals surface area contributed by atoms with Gasteiger partial charge in [0.25, 0.3) is 0 Å². The van der Waals surface area contributed by atoms with Crippen molar-refractivity contribution in [1.82, 2.24) is 24.9 Å². The van der Waals surface area contributed by atoms with Crippen molar-refractivity contribution in [3.8, 4) is 0 Å². The molecule has 0 spiro atoms. The van der Waals surface area contributed by atoms with Crippen LogP contribution in [0.3, 0.4) is 0 Å². The second kappa shape index (κ2) is 19.9. The molecule has 0 saturated heterocycles. The molecule has 7 rings (SSSR count). The second-order valence-corrected chi connectivity index (χ2v) is 9.17. The molecule has 4 aromatic heterocycles. The van der Waals surface area contributed by atoms with Gasteiger partial charge in [0.05, 0.1) is 45.5 Å². The molecule has 0 radical (unpaired) electrons. The Kier molecular flexibility index (Phi) is 16.3. The van der Waals surface area contributed by atoms with Gasteiger partial charge in [-0.3, -0.25) is 0 Å². The fourth-order valence-electron chi connectivity index (χ4n) is 3.56. The normalized spacial score (nSPS) is 11.7. The quantitative estimate of drug-likeness (QED) is 0.0749. The van der Waals surface area contributed by atoms with Crippen molar-refractivity contribution in [2.75, 3.05) is 0 Å². The van der Waals surface area contributed by atoms with Crippen LogP contribution in [-0.4, -0.2) is 51.5 Å². The van der Waals surface area contributed by atoms with E-state index in [4.69, 9.17) is 26.6 Å². The molecule has 2 aliphatic rings. The molecular formula is C30H26N5O6S2Zn-3. The number of nitrogens with zero attached hydrogens (tertiary/aromatic N) is 2. The van der Waals surface area contributed by atoms with E-state index >= 15 is 0 Å². The fourth-order valence-corrected chi connectivity index (χ4v) is 3.56. The van der Waals surface area contributed by atoms with E-state index in [1.807, 2.05) is 97.4 Å². The van der Waals surface area contributed by atoms with Crippen LogP contribution in [0.5, 0.6) is 0 Å². The van der Waals surface area contributed by atoms with Crippen LogP contribution >= 0.6 is 0 Å². The average molecular weight is 682 g/mol. The topological polar surface area (TPSA) is 194 Å². The van der Waals surface area contributed by atoms with Crippen LogP contribution in [0.1, 0.15) is 22.8 Å². The largest absolute Gasteiger partial charge is 0.750 e. The minimum absolute atomic E-state index is 0. The van der Waals surface area contributed by atoms with Gasteiger partial charge in [0.1, 0.15) is 0 Å². The van der Waals surface area contributed by atoms with Crippen LogP contribution in [-0.2, 0) is 42.2 Å².